The number of carbonyl (C=O) groups is 3. The summed E-state index contributed by atoms with van der Waals surface area (Å²) in [7, 11) is 0. The van der Waals surface area contributed by atoms with E-state index in [0.717, 1.165) is 5.56 Å². The van der Waals surface area contributed by atoms with Gasteiger partial charge in [-0.25, -0.2) is 4.98 Å². The van der Waals surface area contributed by atoms with Crippen LogP contribution in [0.3, 0.4) is 0 Å². The molecule has 2 aromatic heterocycles. The molecule has 9 heteroatoms. The average Bonchev–Trinajstić information content (AvgIpc) is 3.23. The zero-order valence-corrected chi connectivity index (χ0v) is 16.1. The lowest BCUT2D eigenvalue weighted by Crippen LogP contribution is -2.38. The Kier molecular flexibility index (Phi) is 5.25. The molecule has 0 aliphatic carbocycles. The number of fused-ring (bicyclic) bond motifs is 1. The molecule has 0 saturated carbocycles. The van der Waals surface area contributed by atoms with Crippen LogP contribution in [0.5, 0.6) is 5.75 Å². The van der Waals surface area contributed by atoms with Crippen molar-refractivity contribution in [1.82, 2.24) is 15.3 Å². The van der Waals surface area contributed by atoms with Gasteiger partial charge in [-0.15, -0.1) is 0 Å². The van der Waals surface area contributed by atoms with Gasteiger partial charge in [0.1, 0.15) is 18.6 Å². The van der Waals surface area contributed by atoms with Gasteiger partial charge in [0, 0.05) is 24.5 Å². The molecule has 0 atom stereocenters. The minimum Gasteiger partial charge on any atom is -0.482 e. The lowest BCUT2D eigenvalue weighted by Gasteiger charge is -2.28. The fraction of sp³-hybridized carbons (Fsp3) is 0.190. The summed E-state index contributed by atoms with van der Waals surface area (Å²) in [6.45, 7) is 1.65. The Morgan fingerprint density at radius 2 is 2.00 bits per heavy atom. The lowest BCUT2D eigenvalue weighted by molar-refractivity contribution is -0.121. The van der Waals surface area contributed by atoms with Crippen molar-refractivity contribution >= 4 is 23.3 Å². The number of Topliss-reactive ketones (excluding diaryl/α,β-unsaturated/α-hetero) is 1. The van der Waals surface area contributed by atoms with Crippen LogP contribution in [0.2, 0.25) is 0 Å². The molecule has 3 aromatic rings. The van der Waals surface area contributed by atoms with E-state index < -0.39 is 5.91 Å². The van der Waals surface area contributed by atoms with Crippen LogP contribution in [0.1, 0.15) is 39.2 Å². The minimum absolute atomic E-state index is 0.00812. The standard InChI is InChI=1S/C21H18N4O5/c1-13(26)15-2-3-18-17(8-15)25(20(27)12-29-18)10-19-24-16(11-30-19)21(28)23-9-14-4-6-22-7-5-14/h2-8,11H,9-10,12H2,1H3,(H,23,28). The van der Waals surface area contributed by atoms with Gasteiger partial charge in [-0.2, -0.15) is 0 Å². The van der Waals surface area contributed by atoms with Crippen molar-refractivity contribution < 1.29 is 23.5 Å². The number of amides is 2. The topological polar surface area (TPSA) is 115 Å². The molecule has 0 fully saturated rings. The van der Waals surface area contributed by atoms with E-state index in [1.165, 1.54) is 18.1 Å². The molecule has 1 aliphatic rings. The first-order valence-corrected chi connectivity index (χ1v) is 9.21. The van der Waals surface area contributed by atoms with Crippen LogP contribution >= 0.6 is 0 Å². The fourth-order valence-corrected chi connectivity index (χ4v) is 2.99. The highest BCUT2D eigenvalue weighted by Crippen LogP contribution is 2.34. The van der Waals surface area contributed by atoms with Crippen molar-refractivity contribution in [2.45, 2.75) is 20.0 Å². The number of nitrogens with one attached hydrogen (secondary N) is 1. The van der Waals surface area contributed by atoms with Crippen molar-refractivity contribution in [3.8, 4) is 5.75 Å². The Hall–Kier alpha value is -4.01. The molecular formula is C21H18N4O5. The van der Waals surface area contributed by atoms with Crippen LogP contribution in [0.15, 0.2) is 53.4 Å². The van der Waals surface area contributed by atoms with Crippen LogP contribution in [-0.4, -0.2) is 34.2 Å². The van der Waals surface area contributed by atoms with Crippen molar-refractivity contribution in [1.29, 1.82) is 0 Å². The summed E-state index contributed by atoms with van der Waals surface area (Å²) in [4.78, 5) is 46.0. The fourth-order valence-electron chi connectivity index (χ4n) is 2.99. The molecule has 1 N–H and O–H groups in total. The summed E-state index contributed by atoms with van der Waals surface area (Å²) in [5.74, 6) is -0.139. The number of ether oxygens (including phenoxy) is 1. The van der Waals surface area contributed by atoms with Gasteiger partial charge in [-0.3, -0.25) is 24.3 Å². The first-order chi connectivity index (χ1) is 14.5. The van der Waals surface area contributed by atoms with Crippen LogP contribution in [-0.2, 0) is 17.9 Å². The number of aromatic nitrogens is 2. The minimum atomic E-state index is -0.394. The van der Waals surface area contributed by atoms with Gasteiger partial charge < -0.3 is 14.5 Å². The molecule has 3 heterocycles. The van der Waals surface area contributed by atoms with Crippen molar-refractivity contribution in [2.24, 2.45) is 0 Å². The van der Waals surface area contributed by atoms with E-state index in [0.29, 0.717) is 23.5 Å². The monoisotopic (exact) mass is 406 g/mol. The zero-order chi connectivity index (χ0) is 21.1. The van der Waals surface area contributed by atoms with Gasteiger partial charge in [0.15, 0.2) is 18.1 Å². The summed E-state index contributed by atoms with van der Waals surface area (Å²) >= 11 is 0. The first kappa shape index (κ1) is 19.3. The van der Waals surface area contributed by atoms with E-state index in [2.05, 4.69) is 15.3 Å². The highest BCUT2D eigenvalue weighted by molar-refractivity contribution is 6.01. The van der Waals surface area contributed by atoms with Crippen LogP contribution in [0, 0.1) is 0 Å². The molecule has 30 heavy (non-hydrogen) atoms. The number of hydrogen-bond donors (Lipinski definition) is 1. The van der Waals surface area contributed by atoms with E-state index in [1.807, 2.05) is 0 Å². The maximum Gasteiger partial charge on any atom is 0.273 e. The van der Waals surface area contributed by atoms with E-state index in [-0.39, 0.29) is 36.4 Å². The number of ketones is 1. The molecule has 0 spiro atoms. The second-order valence-electron chi connectivity index (χ2n) is 6.67. The number of oxazole rings is 1. The van der Waals surface area contributed by atoms with Crippen LogP contribution in [0.25, 0.3) is 0 Å². The third-order valence-electron chi connectivity index (χ3n) is 4.59. The molecule has 0 bridgehead atoms. The maximum atomic E-state index is 12.4. The lowest BCUT2D eigenvalue weighted by atomic mass is 10.1. The molecule has 152 valence electrons. The number of pyridine rings is 1. The molecule has 9 nitrogen and oxygen atoms in total. The SMILES string of the molecule is CC(=O)c1ccc2c(c1)N(Cc1nc(C(=O)NCc3ccncc3)co1)C(=O)CO2. The molecule has 0 unspecified atom stereocenters. The Labute approximate surface area is 171 Å². The van der Waals surface area contributed by atoms with E-state index in [1.54, 1.807) is 42.7 Å². The highest BCUT2D eigenvalue weighted by atomic mass is 16.5. The summed E-state index contributed by atoms with van der Waals surface area (Å²) in [6.07, 6.45) is 4.53. The van der Waals surface area contributed by atoms with Gasteiger partial charge in [0.2, 0.25) is 5.89 Å². The van der Waals surface area contributed by atoms with Crippen molar-refractivity contribution in [3.05, 3.63) is 71.7 Å². The predicted molar refractivity (Wildman–Crippen MR) is 105 cm³/mol. The van der Waals surface area contributed by atoms with Gasteiger partial charge in [0.05, 0.1) is 5.69 Å². The second kappa shape index (κ2) is 8.16. The average molecular weight is 406 g/mol. The third-order valence-corrected chi connectivity index (χ3v) is 4.59. The number of carbonyl (C=O) groups excluding carboxylic acids is 3. The maximum absolute atomic E-state index is 12.4. The first-order valence-electron chi connectivity index (χ1n) is 9.21. The zero-order valence-electron chi connectivity index (χ0n) is 16.1. The Morgan fingerprint density at radius 1 is 1.20 bits per heavy atom. The summed E-state index contributed by atoms with van der Waals surface area (Å²) in [5.41, 5.74) is 1.93. The molecule has 0 radical (unpaired) electrons. The van der Waals surface area contributed by atoms with Gasteiger partial charge in [-0.05, 0) is 42.8 Å². The molecule has 4 rings (SSSR count). The molecule has 2 amide bonds. The number of rotatable bonds is 6. The predicted octanol–water partition coefficient (Wildman–Crippen LogP) is 2.13. The van der Waals surface area contributed by atoms with Gasteiger partial charge in [-0.1, -0.05) is 0 Å². The highest BCUT2D eigenvalue weighted by Gasteiger charge is 2.28. The summed E-state index contributed by atoms with van der Waals surface area (Å²) in [6, 6.07) is 8.49. The largest absolute Gasteiger partial charge is 0.482 e. The normalized spacial score (nSPS) is 12.8. The van der Waals surface area contributed by atoms with Crippen molar-refractivity contribution in [2.75, 3.05) is 11.5 Å². The molecule has 1 aliphatic heterocycles. The number of hydrogen-bond acceptors (Lipinski definition) is 7. The van der Waals surface area contributed by atoms with E-state index in [4.69, 9.17) is 9.15 Å². The summed E-state index contributed by atoms with van der Waals surface area (Å²) in [5, 5.41) is 2.75. The quantitative estimate of drug-likeness (QED) is 0.624. The van der Waals surface area contributed by atoms with Crippen molar-refractivity contribution in [3.63, 3.8) is 0 Å². The number of nitrogens with zero attached hydrogens (tertiary/aromatic N) is 3. The van der Waals surface area contributed by atoms with Crippen LogP contribution < -0.4 is 15.0 Å². The smallest absolute Gasteiger partial charge is 0.273 e. The Balaban J connectivity index is 1.48. The van der Waals surface area contributed by atoms with Gasteiger partial charge in [0.25, 0.3) is 11.8 Å². The molecule has 1 aromatic carbocycles. The Bertz CT molecular complexity index is 1110. The molecular weight excluding hydrogens is 388 g/mol. The molecule has 0 saturated heterocycles. The van der Waals surface area contributed by atoms with E-state index in [9.17, 15) is 14.4 Å². The third kappa shape index (κ3) is 4.04. The summed E-state index contributed by atoms with van der Waals surface area (Å²) < 4.78 is 10.8. The van der Waals surface area contributed by atoms with Gasteiger partial charge >= 0.3 is 0 Å². The number of benzene rings is 1. The number of anilines is 1. The Morgan fingerprint density at radius 3 is 2.77 bits per heavy atom. The van der Waals surface area contributed by atoms with Crippen LogP contribution in [0.4, 0.5) is 5.69 Å². The van der Waals surface area contributed by atoms with E-state index >= 15 is 0 Å². The second-order valence-corrected chi connectivity index (χ2v) is 6.67.